The van der Waals surface area contributed by atoms with Crippen molar-refractivity contribution in [1.82, 2.24) is 23.1 Å². The van der Waals surface area contributed by atoms with Crippen LogP contribution < -0.4 is 11.2 Å². The highest BCUT2D eigenvalue weighted by Gasteiger charge is 2.22. The van der Waals surface area contributed by atoms with E-state index in [9.17, 15) is 19.7 Å². The third-order valence-corrected chi connectivity index (χ3v) is 5.93. The zero-order chi connectivity index (χ0) is 23.6. The van der Waals surface area contributed by atoms with E-state index >= 15 is 0 Å². The summed E-state index contributed by atoms with van der Waals surface area (Å²) in [5.41, 5.74) is 4.01. The van der Waals surface area contributed by atoms with Gasteiger partial charge in [0.05, 0.1) is 16.3 Å². The fraction of sp³-hybridized carbons (Fsp3) is 0.174. The van der Waals surface area contributed by atoms with E-state index in [1.165, 1.54) is 23.7 Å². The molecule has 3 aromatic heterocycles. The third-order valence-electron chi connectivity index (χ3n) is 5.93. The van der Waals surface area contributed by atoms with Gasteiger partial charge in [0, 0.05) is 38.0 Å². The molecule has 0 bridgehead atoms. The number of fused-ring (bicyclic) bond motifs is 3. The highest BCUT2D eigenvalue weighted by atomic mass is 16.6. The van der Waals surface area contributed by atoms with E-state index in [4.69, 9.17) is 0 Å². The molecule has 0 aliphatic carbocycles. The van der Waals surface area contributed by atoms with Crippen molar-refractivity contribution >= 4 is 22.6 Å². The van der Waals surface area contributed by atoms with Crippen LogP contribution in [0, 0.1) is 24.0 Å². The number of rotatable bonds is 3. The van der Waals surface area contributed by atoms with Gasteiger partial charge in [-0.2, -0.15) is 4.98 Å². The fourth-order valence-corrected chi connectivity index (χ4v) is 4.22. The third kappa shape index (κ3) is 2.91. The molecule has 0 aliphatic heterocycles. The molecule has 0 amide bonds. The van der Waals surface area contributed by atoms with Crippen molar-refractivity contribution in [2.45, 2.75) is 13.8 Å². The molecule has 0 N–H and O–H groups in total. The number of nitro groups is 1. The number of hydrogen-bond donors (Lipinski definition) is 0. The van der Waals surface area contributed by atoms with Gasteiger partial charge in [0.25, 0.3) is 11.2 Å². The molecule has 0 radical (unpaired) electrons. The first-order valence-electron chi connectivity index (χ1n) is 10.2. The molecular formula is C23H20N6O4. The molecule has 0 spiro atoms. The first-order valence-corrected chi connectivity index (χ1v) is 10.2. The Morgan fingerprint density at radius 3 is 2.30 bits per heavy atom. The number of non-ortho nitro benzene ring substituents is 1. The molecule has 0 aliphatic rings. The summed E-state index contributed by atoms with van der Waals surface area (Å²) < 4.78 is 5.98. The number of hydrogen-bond acceptors (Lipinski definition) is 5. The molecule has 0 unspecified atom stereocenters. The van der Waals surface area contributed by atoms with Gasteiger partial charge in [0.15, 0.2) is 11.2 Å². The second kappa shape index (κ2) is 7.02. The Labute approximate surface area is 186 Å². The lowest BCUT2D eigenvalue weighted by molar-refractivity contribution is -0.384. The number of nitro benzene ring substituents is 1. The lowest BCUT2D eigenvalue weighted by atomic mass is 10.1. The first-order chi connectivity index (χ1) is 15.7. The zero-order valence-electron chi connectivity index (χ0n) is 18.4. The molecule has 0 atom stereocenters. The number of nitrogens with zero attached hydrogens (tertiary/aromatic N) is 6. The van der Waals surface area contributed by atoms with Crippen molar-refractivity contribution in [3.63, 3.8) is 0 Å². The summed E-state index contributed by atoms with van der Waals surface area (Å²) in [6.07, 6.45) is 1.77. The van der Waals surface area contributed by atoms with Crippen molar-refractivity contribution in [1.29, 1.82) is 0 Å². The maximum Gasteiger partial charge on any atom is 0.332 e. The number of aryl methyl sites for hydroxylation is 3. The Hall–Kier alpha value is -4.47. The van der Waals surface area contributed by atoms with E-state index in [0.29, 0.717) is 11.5 Å². The van der Waals surface area contributed by atoms with Gasteiger partial charge < -0.3 is 0 Å². The predicted octanol–water partition coefficient (Wildman–Crippen LogP) is 2.87. The summed E-state index contributed by atoms with van der Waals surface area (Å²) in [6.45, 7) is 3.98. The minimum absolute atomic E-state index is 0.0116. The van der Waals surface area contributed by atoms with Gasteiger partial charge in [-0.25, -0.2) is 4.79 Å². The van der Waals surface area contributed by atoms with Crippen molar-refractivity contribution in [3.05, 3.63) is 90.7 Å². The van der Waals surface area contributed by atoms with Gasteiger partial charge in [-0.3, -0.25) is 33.0 Å². The van der Waals surface area contributed by atoms with Gasteiger partial charge in [0.2, 0.25) is 5.78 Å². The standard InChI is InChI=1S/C23H20N6O4/c1-13-5-10-17(14(2)11-13)28-18(15-6-8-16(9-7-15)29(32)33)12-27-19-20(24-22(27)28)25(3)23(31)26(4)21(19)30/h5-12H,1-4H3. The quantitative estimate of drug-likeness (QED) is 0.314. The average molecular weight is 444 g/mol. The molecule has 2 aromatic carbocycles. The largest absolute Gasteiger partial charge is 0.332 e. The first kappa shape index (κ1) is 20.4. The van der Waals surface area contributed by atoms with Crippen LogP contribution in [0.1, 0.15) is 11.1 Å². The van der Waals surface area contributed by atoms with Gasteiger partial charge in [0.1, 0.15) is 0 Å². The Bertz CT molecular complexity index is 1720. The normalized spacial score (nSPS) is 11.5. The monoisotopic (exact) mass is 444 g/mol. The molecule has 166 valence electrons. The van der Waals surface area contributed by atoms with Crippen LogP contribution in [0.25, 0.3) is 33.9 Å². The fourth-order valence-electron chi connectivity index (χ4n) is 4.22. The highest BCUT2D eigenvalue weighted by molar-refractivity contribution is 5.80. The molecule has 0 saturated heterocycles. The summed E-state index contributed by atoms with van der Waals surface area (Å²) >= 11 is 0. The Morgan fingerprint density at radius 2 is 1.67 bits per heavy atom. The smallest absolute Gasteiger partial charge is 0.279 e. The van der Waals surface area contributed by atoms with Crippen LogP contribution in [0.4, 0.5) is 5.69 Å². The van der Waals surface area contributed by atoms with Crippen molar-refractivity contribution in [2.24, 2.45) is 14.1 Å². The van der Waals surface area contributed by atoms with Crippen LogP contribution >= 0.6 is 0 Å². The molecular weight excluding hydrogens is 424 g/mol. The van der Waals surface area contributed by atoms with Crippen molar-refractivity contribution in [2.75, 3.05) is 0 Å². The summed E-state index contributed by atoms with van der Waals surface area (Å²) in [4.78, 5) is 40.8. The molecule has 5 aromatic rings. The Balaban J connectivity index is 1.93. The van der Waals surface area contributed by atoms with Crippen LogP contribution in [-0.4, -0.2) is 28.0 Å². The van der Waals surface area contributed by atoms with Crippen LogP contribution in [-0.2, 0) is 14.1 Å². The maximum atomic E-state index is 13.0. The zero-order valence-corrected chi connectivity index (χ0v) is 18.4. The van der Waals surface area contributed by atoms with Gasteiger partial charge in [-0.05, 0) is 37.6 Å². The molecule has 3 heterocycles. The van der Waals surface area contributed by atoms with Gasteiger partial charge in [-0.15, -0.1) is 0 Å². The number of imidazole rings is 2. The predicted molar refractivity (Wildman–Crippen MR) is 124 cm³/mol. The number of benzene rings is 2. The Kier molecular flexibility index (Phi) is 4.35. The van der Waals surface area contributed by atoms with Crippen LogP contribution in [0.3, 0.4) is 0 Å². The van der Waals surface area contributed by atoms with Crippen molar-refractivity contribution in [3.8, 4) is 16.9 Å². The van der Waals surface area contributed by atoms with Gasteiger partial charge >= 0.3 is 5.69 Å². The molecule has 0 fully saturated rings. The second-order valence-electron chi connectivity index (χ2n) is 8.10. The van der Waals surface area contributed by atoms with E-state index < -0.39 is 16.2 Å². The van der Waals surface area contributed by atoms with E-state index in [-0.39, 0.29) is 16.9 Å². The topological polar surface area (TPSA) is 109 Å². The van der Waals surface area contributed by atoms with E-state index in [1.54, 1.807) is 29.8 Å². The average Bonchev–Trinajstić information content (AvgIpc) is 3.33. The highest BCUT2D eigenvalue weighted by Crippen LogP contribution is 2.31. The summed E-state index contributed by atoms with van der Waals surface area (Å²) in [5.74, 6) is 0.462. The SMILES string of the molecule is Cc1ccc(-n2c(-c3ccc([N+](=O)[O-])cc3)cn3c4c(=O)n(C)c(=O)n(C)c4nc23)c(C)c1. The molecule has 10 nitrogen and oxygen atoms in total. The van der Waals surface area contributed by atoms with E-state index in [0.717, 1.165) is 26.9 Å². The molecule has 33 heavy (non-hydrogen) atoms. The van der Waals surface area contributed by atoms with E-state index in [1.807, 2.05) is 36.6 Å². The summed E-state index contributed by atoms with van der Waals surface area (Å²) in [6, 6.07) is 12.2. The summed E-state index contributed by atoms with van der Waals surface area (Å²) in [7, 11) is 3.01. The number of aromatic nitrogens is 5. The van der Waals surface area contributed by atoms with Crippen LogP contribution in [0.15, 0.2) is 58.3 Å². The van der Waals surface area contributed by atoms with Crippen LogP contribution in [0.5, 0.6) is 0 Å². The van der Waals surface area contributed by atoms with Crippen LogP contribution in [0.2, 0.25) is 0 Å². The van der Waals surface area contributed by atoms with Crippen molar-refractivity contribution < 1.29 is 4.92 Å². The summed E-state index contributed by atoms with van der Waals surface area (Å²) in [5, 5.41) is 11.1. The molecule has 10 heteroatoms. The lowest BCUT2D eigenvalue weighted by Crippen LogP contribution is -2.37. The lowest BCUT2D eigenvalue weighted by Gasteiger charge is -2.12. The Morgan fingerprint density at radius 1 is 0.970 bits per heavy atom. The van der Waals surface area contributed by atoms with Gasteiger partial charge in [-0.1, -0.05) is 17.7 Å². The minimum Gasteiger partial charge on any atom is -0.279 e. The minimum atomic E-state index is -0.457. The molecule has 5 rings (SSSR count). The van der Waals surface area contributed by atoms with E-state index in [2.05, 4.69) is 4.98 Å². The molecule has 0 saturated carbocycles. The maximum absolute atomic E-state index is 13.0. The second-order valence-corrected chi connectivity index (χ2v) is 8.10.